The molecule has 0 aliphatic heterocycles. The molecule has 1 aromatic carbocycles. The number of hydrogen-bond donors (Lipinski definition) is 1. The lowest BCUT2D eigenvalue weighted by atomic mass is 9.98. The van der Waals surface area contributed by atoms with E-state index in [1.165, 1.54) is 16.0 Å². The largest absolute Gasteiger partial charge is 0.382 e. The lowest BCUT2D eigenvalue weighted by Gasteiger charge is -2.14. The number of anilines is 1. The maximum Gasteiger partial charge on any atom is 0.307 e. The Hall–Kier alpha value is -4.46. The zero-order valence-corrected chi connectivity index (χ0v) is 35.3. The zero-order valence-electron chi connectivity index (χ0n) is 32.8. The topological polar surface area (TPSA) is 125 Å². The Bertz CT molecular complexity index is 2270. The van der Waals surface area contributed by atoms with Gasteiger partial charge in [-0.15, -0.1) is 15.9 Å². The fourth-order valence-corrected chi connectivity index (χ4v) is 7.79. The van der Waals surface area contributed by atoms with Crippen LogP contribution in [0.5, 0.6) is 0 Å². The van der Waals surface area contributed by atoms with E-state index in [9.17, 15) is 0 Å². The SMILES string of the molecule is C.C.C.C.CC(C)(C)[n+]1ccn2ncccc21.CC(C)(C)c1nc2c(N)ncnc2s1.CC(C)(C)c1nc2ccccc2s1.CC(C)(C)c1nc2cccnc2s1. The van der Waals surface area contributed by atoms with Crippen LogP contribution in [-0.4, -0.2) is 39.5 Å². The number of aromatic nitrogens is 9. The van der Waals surface area contributed by atoms with Gasteiger partial charge in [0, 0.05) is 28.5 Å². The first-order valence-electron chi connectivity index (χ1n) is 17.5. The third-order valence-electron chi connectivity index (χ3n) is 7.69. The van der Waals surface area contributed by atoms with Crippen LogP contribution in [0.1, 0.15) is 128 Å². The predicted molar refractivity (Wildman–Crippen MR) is 250 cm³/mol. The number of fused-ring (bicyclic) bond motifs is 4. The maximum absolute atomic E-state index is 5.71. The molecule has 7 aromatic heterocycles. The zero-order chi connectivity index (χ0) is 38.8. The Balaban J connectivity index is 0.000000371. The molecular weight excluding hydrogens is 765 g/mol. The van der Waals surface area contributed by atoms with E-state index in [2.05, 4.69) is 153 Å². The number of nitrogens with two attached hydrogens (primary N) is 1. The van der Waals surface area contributed by atoms with Crippen molar-refractivity contribution < 1.29 is 4.57 Å². The fourth-order valence-electron chi connectivity index (χ4n) is 4.83. The summed E-state index contributed by atoms with van der Waals surface area (Å²) in [5, 5.41) is 7.62. The van der Waals surface area contributed by atoms with Gasteiger partial charge in [0.15, 0.2) is 12.0 Å². The molecule has 0 amide bonds. The van der Waals surface area contributed by atoms with E-state index in [0.717, 1.165) is 41.9 Å². The Morgan fingerprint density at radius 1 is 0.579 bits per heavy atom. The van der Waals surface area contributed by atoms with Crippen molar-refractivity contribution in [3.8, 4) is 0 Å². The third kappa shape index (κ3) is 12.8. The average molecular weight is 832 g/mol. The second kappa shape index (κ2) is 19.8. The molecule has 0 unspecified atom stereocenters. The highest BCUT2D eigenvalue weighted by molar-refractivity contribution is 7.19. The summed E-state index contributed by atoms with van der Waals surface area (Å²) in [6.07, 6.45) is 9.11. The van der Waals surface area contributed by atoms with E-state index in [1.807, 2.05) is 41.2 Å². The second-order valence-corrected chi connectivity index (χ2v) is 19.7. The molecule has 0 aliphatic carbocycles. The van der Waals surface area contributed by atoms with Gasteiger partial charge in [-0.3, -0.25) is 0 Å². The van der Waals surface area contributed by atoms with Crippen molar-refractivity contribution in [2.45, 2.75) is 135 Å². The van der Waals surface area contributed by atoms with Gasteiger partial charge in [0.2, 0.25) is 0 Å². The monoisotopic (exact) mass is 831 g/mol. The molecule has 0 saturated carbocycles. The van der Waals surface area contributed by atoms with Crippen molar-refractivity contribution in [3.63, 3.8) is 0 Å². The van der Waals surface area contributed by atoms with Crippen molar-refractivity contribution >= 4 is 76.4 Å². The molecular formula is C44H67N10S3+. The number of para-hydroxylation sites is 1. The van der Waals surface area contributed by atoms with Crippen molar-refractivity contribution in [2.75, 3.05) is 5.73 Å². The van der Waals surface area contributed by atoms with Crippen molar-refractivity contribution in [3.05, 3.63) is 94.7 Å². The predicted octanol–water partition coefficient (Wildman–Crippen LogP) is 12.5. The molecule has 0 radical (unpaired) electrons. The molecule has 0 fully saturated rings. The minimum atomic E-state index is 0. The number of pyridine rings is 1. The summed E-state index contributed by atoms with van der Waals surface area (Å²) in [5.74, 6) is 0.460. The Morgan fingerprint density at radius 3 is 1.70 bits per heavy atom. The van der Waals surface area contributed by atoms with Crippen molar-refractivity contribution in [1.29, 1.82) is 0 Å². The molecule has 10 nitrogen and oxygen atoms in total. The molecule has 57 heavy (non-hydrogen) atoms. The fraction of sp³-hybridized carbons (Fsp3) is 0.455. The molecule has 7 heterocycles. The molecule has 0 atom stereocenters. The van der Waals surface area contributed by atoms with Crippen LogP contribution < -0.4 is 10.3 Å². The van der Waals surface area contributed by atoms with Gasteiger partial charge in [0.1, 0.15) is 48.8 Å². The molecule has 0 spiro atoms. The summed E-state index contributed by atoms with van der Waals surface area (Å²) in [7, 11) is 0. The van der Waals surface area contributed by atoms with Crippen LogP contribution in [-0.2, 0) is 21.8 Å². The standard InChI is InChI=1S/C11H13NS.C10H14N3.C10H12N2S.C9H12N4S.4CH4/c1-11(2,3)10-12-8-6-4-5-7-9(8)13-10;1-10(2,3)12-7-8-13-9(12)5-4-6-11-13;1-10(2,3)9-12-7-5-4-6-11-8(7)13-9;1-9(2,3)8-13-5-6(10)11-4-12-7(5)14-8;;;;/h4-7H,1-3H3;4-8H,1-3H3;4-6H,1-3H3;4H,1-3H3,(H2,10,11,12);4*1H4/q;+1;;;;;;. The third-order valence-corrected chi connectivity index (χ3v) is 11.9. The van der Waals surface area contributed by atoms with Crippen LogP contribution >= 0.6 is 34.0 Å². The molecule has 8 aromatic rings. The van der Waals surface area contributed by atoms with E-state index in [0.29, 0.717) is 5.82 Å². The molecule has 310 valence electrons. The Morgan fingerprint density at radius 2 is 1.12 bits per heavy atom. The number of nitrogens with zero attached hydrogens (tertiary/aromatic N) is 9. The number of rotatable bonds is 0. The Labute approximate surface area is 353 Å². The van der Waals surface area contributed by atoms with Crippen LogP contribution in [0.4, 0.5) is 5.82 Å². The van der Waals surface area contributed by atoms with E-state index in [1.54, 1.807) is 40.2 Å². The van der Waals surface area contributed by atoms with Gasteiger partial charge in [0.25, 0.3) is 0 Å². The van der Waals surface area contributed by atoms with Crippen LogP contribution in [0.25, 0.3) is 36.6 Å². The summed E-state index contributed by atoms with van der Waals surface area (Å²) < 4.78 is 5.37. The Kier molecular flexibility index (Phi) is 17.6. The highest BCUT2D eigenvalue weighted by Crippen LogP contribution is 2.32. The van der Waals surface area contributed by atoms with Gasteiger partial charge in [0.05, 0.1) is 21.4 Å². The number of thiazole rings is 3. The highest BCUT2D eigenvalue weighted by Gasteiger charge is 2.23. The normalized spacial score (nSPS) is 11.4. The van der Waals surface area contributed by atoms with E-state index >= 15 is 0 Å². The van der Waals surface area contributed by atoms with Gasteiger partial charge in [-0.1, -0.05) is 132 Å². The minimum Gasteiger partial charge on any atom is -0.382 e. The van der Waals surface area contributed by atoms with Gasteiger partial charge in [-0.25, -0.2) is 34.5 Å². The van der Waals surface area contributed by atoms with Crippen molar-refractivity contribution in [1.82, 2.24) is 39.5 Å². The van der Waals surface area contributed by atoms with Gasteiger partial charge in [-0.2, -0.15) is 0 Å². The quantitative estimate of drug-likeness (QED) is 0.150. The minimum absolute atomic E-state index is 0. The number of nitrogen functional groups attached to an aromatic ring is 1. The number of hydrogen-bond acceptors (Lipinski definition) is 11. The molecule has 13 heteroatoms. The average Bonchev–Trinajstić information content (AvgIpc) is 3.88. The van der Waals surface area contributed by atoms with Gasteiger partial charge < -0.3 is 5.73 Å². The lowest BCUT2D eigenvalue weighted by Crippen LogP contribution is -2.49. The van der Waals surface area contributed by atoms with Crippen LogP contribution in [0, 0.1) is 0 Å². The molecule has 0 aliphatic rings. The van der Waals surface area contributed by atoms with Crippen LogP contribution in [0.15, 0.2) is 79.6 Å². The molecule has 2 N–H and O–H groups in total. The summed E-state index contributed by atoms with van der Waals surface area (Å²) in [6, 6.07) is 16.3. The molecule has 8 rings (SSSR count). The summed E-state index contributed by atoms with van der Waals surface area (Å²) in [4.78, 5) is 27.8. The van der Waals surface area contributed by atoms with Crippen LogP contribution in [0.3, 0.4) is 0 Å². The van der Waals surface area contributed by atoms with E-state index in [4.69, 9.17) is 5.73 Å². The molecule has 0 bridgehead atoms. The summed E-state index contributed by atoms with van der Waals surface area (Å²) in [5.41, 5.74) is 10.1. The lowest BCUT2D eigenvalue weighted by molar-refractivity contribution is -0.730. The maximum atomic E-state index is 5.71. The highest BCUT2D eigenvalue weighted by atomic mass is 32.1. The first-order valence-corrected chi connectivity index (χ1v) is 20.0. The van der Waals surface area contributed by atoms with Crippen molar-refractivity contribution in [2.24, 2.45) is 0 Å². The number of benzene rings is 1. The van der Waals surface area contributed by atoms with Gasteiger partial charge in [-0.05, 0) is 51.1 Å². The second-order valence-electron chi connectivity index (χ2n) is 16.7. The summed E-state index contributed by atoms with van der Waals surface area (Å²) in [6.45, 7) is 26.0. The molecule has 0 saturated heterocycles. The smallest absolute Gasteiger partial charge is 0.307 e. The van der Waals surface area contributed by atoms with Crippen LogP contribution in [0.2, 0.25) is 0 Å². The van der Waals surface area contributed by atoms with E-state index in [-0.39, 0.29) is 51.5 Å². The number of imidazole rings is 1. The van der Waals surface area contributed by atoms with E-state index < -0.39 is 0 Å². The first kappa shape index (κ1) is 50.6. The first-order chi connectivity index (χ1) is 24.7. The van der Waals surface area contributed by atoms with Gasteiger partial charge >= 0.3 is 5.65 Å². The summed E-state index contributed by atoms with van der Waals surface area (Å²) >= 11 is 5.05.